The predicted octanol–water partition coefficient (Wildman–Crippen LogP) is 3.91. The molecule has 192 valence electrons. The number of para-hydroxylation sites is 2. The van der Waals surface area contributed by atoms with Gasteiger partial charge in [0.05, 0.1) is 36.5 Å². The molecule has 3 heterocycles. The minimum atomic E-state index is -0.0693. The van der Waals surface area contributed by atoms with E-state index in [9.17, 15) is 4.79 Å². The minimum absolute atomic E-state index is 0.0693. The van der Waals surface area contributed by atoms with Gasteiger partial charge >= 0.3 is 0 Å². The molecule has 2 aromatic carbocycles. The fourth-order valence-corrected chi connectivity index (χ4v) is 4.88. The molecule has 1 amide bonds. The van der Waals surface area contributed by atoms with Crippen LogP contribution in [0.2, 0.25) is 0 Å². The molecule has 0 unspecified atom stereocenters. The molecule has 1 saturated heterocycles. The number of fused-ring (bicyclic) bond motifs is 2. The van der Waals surface area contributed by atoms with Crippen LogP contribution in [0.1, 0.15) is 23.1 Å². The van der Waals surface area contributed by atoms with E-state index < -0.39 is 0 Å². The summed E-state index contributed by atoms with van der Waals surface area (Å²) in [5, 5.41) is 1.00. The third-order valence-corrected chi connectivity index (χ3v) is 6.88. The number of aromatic nitrogens is 2. The smallest absolute Gasteiger partial charge is 0.261 e. The SMILES string of the molecule is C=C(C)/C=C1/N(Cc2nc(N(C)CCN3CCOCC3)c3ccccc3n2)C(=O)c2ccccc2N1C. The molecule has 5 rings (SSSR count). The van der Waals surface area contributed by atoms with Crippen molar-refractivity contribution in [2.24, 2.45) is 0 Å². The summed E-state index contributed by atoms with van der Waals surface area (Å²) in [6, 6.07) is 15.7. The van der Waals surface area contributed by atoms with Crippen LogP contribution in [0.4, 0.5) is 11.5 Å². The molecule has 0 bridgehead atoms. The van der Waals surface area contributed by atoms with Crippen LogP contribution in [0.5, 0.6) is 0 Å². The summed E-state index contributed by atoms with van der Waals surface area (Å²) in [6.45, 7) is 11.5. The third kappa shape index (κ3) is 5.21. The number of likely N-dealkylation sites (N-methyl/N-ethyl adjacent to an activating group) is 1. The van der Waals surface area contributed by atoms with E-state index in [1.54, 1.807) is 4.90 Å². The van der Waals surface area contributed by atoms with Crippen LogP contribution < -0.4 is 9.80 Å². The number of rotatable bonds is 7. The van der Waals surface area contributed by atoms with Gasteiger partial charge < -0.3 is 14.5 Å². The van der Waals surface area contributed by atoms with Gasteiger partial charge in [0.25, 0.3) is 5.91 Å². The highest BCUT2D eigenvalue weighted by molar-refractivity contribution is 6.03. The van der Waals surface area contributed by atoms with Gasteiger partial charge in [0.1, 0.15) is 11.6 Å². The van der Waals surface area contributed by atoms with Crippen molar-refractivity contribution in [1.82, 2.24) is 19.8 Å². The van der Waals surface area contributed by atoms with Crippen molar-refractivity contribution in [3.8, 4) is 0 Å². The number of carbonyl (C=O) groups is 1. The Hall–Kier alpha value is -3.75. The van der Waals surface area contributed by atoms with E-state index in [1.165, 1.54) is 0 Å². The molecule has 0 saturated carbocycles. The zero-order chi connectivity index (χ0) is 25.9. The Kier molecular flexibility index (Phi) is 7.21. The summed E-state index contributed by atoms with van der Waals surface area (Å²) in [4.78, 5) is 31.9. The molecule has 0 radical (unpaired) electrons. The third-order valence-electron chi connectivity index (χ3n) is 6.88. The molecule has 0 spiro atoms. The molecular weight excluding hydrogens is 464 g/mol. The van der Waals surface area contributed by atoms with Gasteiger partial charge in [-0.3, -0.25) is 14.6 Å². The van der Waals surface area contributed by atoms with Crippen molar-refractivity contribution in [3.63, 3.8) is 0 Å². The number of ether oxygens (including phenoxy) is 1. The van der Waals surface area contributed by atoms with Crippen molar-refractivity contribution in [3.05, 3.63) is 84.0 Å². The minimum Gasteiger partial charge on any atom is -0.379 e. The Morgan fingerprint density at radius 3 is 2.62 bits per heavy atom. The van der Waals surface area contributed by atoms with Crippen molar-refractivity contribution in [1.29, 1.82) is 0 Å². The van der Waals surface area contributed by atoms with Crippen LogP contribution in [-0.2, 0) is 11.3 Å². The normalized spacial score (nSPS) is 17.4. The molecule has 1 aromatic heterocycles. The first-order chi connectivity index (χ1) is 17.9. The maximum Gasteiger partial charge on any atom is 0.261 e. The zero-order valence-electron chi connectivity index (χ0n) is 21.9. The van der Waals surface area contributed by atoms with E-state index >= 15 is 0 Å². The van der Waals surface area contributed by atoms with Gasteiger partial charge in [-0.2, -0.15) is 0 Å². The molecule has 1 fully saturated rings. The number of anilines is 2. The monoisotopic (exact) mass is 498 g/mol. The second kappa shape index (κ2) is 10.7. The van der Waals surface area contributed by atoms with Crippen molar-refractivity contribution >= 4 is 28.3 Å². The first-order valence-electron chi connectivity index (χ1n) is 12.7. The second-order valence-electron chi connectivity index (χ2n) is 9.67. The lowest BCUT2D eigenvalue weighted by molar-refractivity contribution is 0.0393. The van der Waals surface area contributed by atoms with E-state index in [2.05, 4.69) is 29.5 Å². The average molecular weight is 499 g/mol. The maximum atomic E-state index is 13.7. The van der Waals surface area contributed by atoms with Gasteiger partial charge in [-0.05, 0) is 37.3 Å². The highest BCUT2D eigenvalue weighted by atomic mass is 16.5. The fraction of sp³-hybridized carbons (Fsp3) is 0.345. The van der Waals surface area contributed by atoms with Crippen LogP contribution in [0, 0.1) is 0 Å². The number of hydrogen-bond donors (Lipinski definition) is 0. The highest BCUT2D eigenvalue weighted by Gasteiger charge is 2.32. The van der Waals surface area contributed by atoms with Crippen LogP contribution in [0.3, 0.4) is 0 Å². The average Bonchev–Trinajstić information content (AvgIpc) is 2.92. The summed E-state index contributed by atoms with van der Waals surface area (Å²) in [7, 11) is 4.04. The molecule has 3 aromatic rings. The van der Waals surface area contributed by atoms with Gasteiger partial charge in [-0.1, -0.05) is 36.4 Å². The standard InChI is InChI=1S/C29H34N6O2/c1-21(2)19-27-33(4)25-12-8-6-10-23(25)29(36)35(27)20-26-30-24-11-7-5-9-22(24)28(31-26)32(3)13-14-34-15-17-37-18-16-34/h5-12,19H,1,13-18,20H2,2-4H3/b27-19+. The van der Waals surface area contributed by atoms with Crippen LogP contribution >= 0.6 is 0 Å². The predicted molar refractivity (Wildman–Crippen MR) is 148 cm³/mol. The molecule has 8 nitrogen and oxygen atoms in total. The fourth-order valence-electron chi connectivity index (χ4n) is 4.88. The number of morpholine rings is 1. The maximum absolute atomic E-state index is 13.7. The molecular formula is C29H34N6O2. The molecule has 37 heavy (non-hydrogen) atoms. The topological polar surface area (TPSA) is 65.0 Å². The quantitative estimate of drug-likeness (QED) is 0.489. The van der Waals surface area contributed by atoms with Gasteiger partial charge in [0.15, 0.2) is 5.82 Å². The van der Waals surface area contributed by atoms with Crippen molar-refractivity contribution < 1.29 is 9.53 Å². The van der Waals surface area contributed by atoms with Crippen LogP contribution in [0.15, 0.2) is 72.6 Å². The Morgan fingerprint density at radius 2 is 1.84 bits per heavy atom. The highest BCUT2D eigenvalue weighted by Crippen LogP contribution is 2.33. The van der Waals surface area contributed by atoms with Crippen molar-refractivity contribution in [2.75, 3.05) is 63.3 Å². The Balaban J connectivity index is 1.48. The summed E-state index contributed by atoms with van der Waals surface area (Å²) in [5.74, 6) is 2.16. The first kappa shape index (κ1) is 24.9. The molecule has 8 heteroatoms. The lowest BCUT2D eigenvalue weighted by atomic mass is 10.1. The number of hydrogen-bond acceptors (Lipinski definition) is 7. The number of allylic oxidation sites excluding steroid dienone is 2. The van der Waals surface area contributed by atoms with E-state index in [0.29, 0.717) is 11.4 Å². The summed E-state index contributed by atoms with van der Waals surface area (Å²) < 4.78 is 5.49. The molecule has 0 N–H and O–H groups in total. The number of carbonyl (C=O) groups excluding carboxylic acids is 1. The molecule has 2 aliphatic rings. The first-order valence-corrected chi connectivity index (χ1v) is 12.7. The molecule has 2 aliphatic heterocycles. The number of nitrogens with zero attached hydrogens (tertiary/aromatic N) is 6. The Bertz CT molecular complexity index is 1350. The summed E-state index contributed by atoms with van der Waals surface area (Å²) in [5.41, 5.74) is 3.26. The van der Waals surface area contributed by atoms with E-state index in [0.717, 1.165) is 73.2 Å². The van der Waals surface area contributed by atoms with Gasteiger partial charge in [-0.25, -0.2) is 9.97 Å². The van der Waals surface area contributed by atoms with Gasteiger partial charge in [0.2, 0.25) is 0 Å². The molecule has 0 aliphatic carbocycles. The second-order valence-corrected chi connectivity index (χ2v) is 9.67. The van der Waals surface area contributed by atoms with Gasteiger partial charge in [0, 0.05) is 45.7 Å². The Morgan fingerprint density at radius 1 is 1.11 bits per heavy atom. The van der Waals surface area contributed by atoms with Gasteiger partial charge in [-0.15, -0.1) is 0 Å². The Labute approximate surface area is 218 Å². The number of benzene rings is 2. The largest absolute Gasteiger partial charge is 0.379 e. The summed E-state index contributed by atoms with van der Waals surface area (Å²) in [6.07, 6.45) is 1.93. The number of amides is 1. The lowest BCUT2D eigenvalue weighted by Crippen LogP contribution is -2.43. The van der Waals surface area contributed by atoms with Crippen LogP contribution in [0.25, 0.3) is 10.9 Å². The summed E-state index contributed by atoms with van der Waals surface area (Å²) >= 11 is 0. The van der Waals surface area contributed by atoms with Crippen LogP contribution in [-0.4, -0.2) is 79.2 Å². The molecule has 0 atom stereocenters. The van der Waals surface area contributed by atoms with E-state index in [1.807, 2.05) is 67.4 Å². The van der Waals surface area contributed by atoms with E-state index in [4.69, 9.17) is 14.7 Å². The zero-order valence-corrected chi connectivity index (χ0v) is 21.9. The van der Waals surface area contributed by atoms with Crippen molar-refractivity contribution in [2.45, 2.75) is 13.5 Å². The lowest BCUT2D eigenvalue weighted by Gasteiger charge is -2.38. The van der Waals surface area contributed by atoms with E-state index in [-0.39, 0.29) is 12.5 Å².